The predicted octanol–water partition coefficient (Wildman–Crippen LogP) is 1.92. The first-order valence-corrected chi connectivity index (χ1v) is 8.05. The molecule has 1 aliphatic heterocycles. The number of terminal acetylenes is 1. The fourth-order valence-electron chi connectivity index (χ4n) is 2.58. The monoisotopic (exact) mass is 364 g/mol. The molecule has 1 fully saturated rings. The molecule has 3 N–H and O–H groups in total. The van der Waals surface area contributed by atoms with E-state index in [1.807, 2.05) is 0 Å². The molecule has 8 nitrogen and oxygen atoms in total. The highest BCUT2D eigenvalue weighted by Crippen LogP contribution is 2.21. The molecule has 0 aromatic carbocycles. The molecular weight excluding hydrogens is 346 g/mol. The second kappa shape index (κ2) is 8.44. The molecule has 0 aliphatic carbocycles. The van der Waals surface area contributed by atoms with E-state index in [9.17, 15) is 8.78 Å². The maximum absolute atomic E-state index is 12.2. The van der Waals surface area contributed by atoms with Crippen molar-refractivity contribution in [2.24, 2.45) is 5.92 Å². The first-order valence-electron chi connectivity index (χ1n) is 8.05. The number of halogens is 2. The van der Waals surface area contributed by atoms with Crippen LogP contribution in [0.5, 0.6) is 11.8 Å². The molecule has 3 rings (SSSR count). The number of rotatable bonds is 6. The standard InChI is InChI=1S/C16H18F2N6O2/c1-2-10-5-11(3-4-19-7-10)25-15-9-20-8-13(22-15)21-12-6-14(24-23-12)26-16(17)18/h1,6,8-11,16,19H,3-5,7H2,(H2,21,22,23,24)/t10-,11-/m0/s1. The SMILES string of the molecule is C#C[C@@H]1CNCC[C@H](Oc2cncc(Nc3cc(OC(F)F)n[nH]3)n2)C1. The number of nitrogens with zero attached hydrogens (tertiary/aromatic N) is 3. The lowest BCUT2D eigenvalue weighted by molar-refractivity contribution is -0.0528. The van der Waals surface area contributed by atoms with Crippen molar-refractivity contribution in [3.8, 4) is 24.1 Å². The van der Waals surface area contributed by atoms with Gasteiger partial charge in [-0.05, 0) is 19.4 Å². The molecule has 2 aromatic rings. The fraction of sp³-hybridized carbons (Fsp3) is 0.438. The predicted molar refractivity (Wildman–Crippen MR) is 89.4 cm³/mol. The maximum atomic E-state index is 12.2. The van der Waals surface area contributed by atoms with Crippen molar-refractivity contribution in [1.29, 1.82) is 0 Å². The van der Waals surface area contributed by atoms with Gasteiger partial charge in [0.1, 0.15) is 11.9 Å². The summed E-state index contributed by atoms with van der Waals surface area (Å²) in [5, 5.41) is 12.3. The van der Waals surface area contributed by atoms with E-state index in [4.69, 9.17) is 11.2 Å². The summed E-state index contributed by atoms with van der Waals surface area (Å²) >= 11 is 0. The Morgan fingerprint density at radius 1 is 1.35 bits per heavy atom. The lowest BCUT2D eigenvalue weighted by Crippen LogP contribution is -2.20. The van der Waals surface area contributed by atoms with E-state index in [0.29, 0.717) is 17.5 Å². The van der Waals surface area contributed by atoms with Gasteiger partial charge in [-0.2, -0.15) is 13.8 Å². The Morgan fingerprint density at radius 2 is 2.23 bits per heavy atom. The second-order valence-corrected chi connectivity index (χ2v) is 5.70. The van der Waals surface area contributed by atoms with Gasteiger partial charge in [-0.15, -0.1) is 17.4 Å². The van der Waals surface area contributed by atoms with E-state index >= 15 is 0 Å². The van der Waals surface area contributed by atoms with Crippen LogP contribution in [0, 0.1) is 18.3 Å². The minimum absolute atomic E-state index is 0.0613. The molecule has 1 saturated heterocycles. The summed E-state index contributed by atoms with van der Waals surface area (Å²) < 4.78 is 34.4. The summed E-state index contributed by atoms with van der Waals surface area (Å²) in [7, 11) is 0. The molecule has 1 aliphatic rings. The number of anilines is 2. The Balaban J connectivity index is 1.62. The molecule has 0 radical (unpaired) electrons. The Labute approximate surface area is 148 Å². The van der Waals surface area contributed by atoms with Crippen LogP contribution in [0.2, 0.25) is 0 Å². The molecule has 2 aromatic heterocycles. The second-order valence-electron chi connectivity index (χ2n) is 5.70. The minimum Gasteiger partial charge on any atom is -0.473 e. The smallest absolute Gasteiger partial charge is 0.388 e. The van der Waals surface area contributed by atoms with E-state index in [1.54, 1.807) is 0 Å². The van der Waals surface area contributed by atoms with Crippen LogP contribution >= 0.6 is 0 Å². The largest absolute Gasteiger partial charge is 0.473 e. The van der Waals surface area contributed by atoms with Crippen molar-refractivity contribution in [3.05, 3.63) is 18.5 Å². The highest BCUT2D eigenvalue weighted by atomic mass is 19.3. The van der Waals surface area contributed by atoms with Gasteiger partial charge in [0.25, 0.3) is 0 Å². The molecule has 0 bridgehead atoms. The van der Waals surface area contributed by atoms with Crippen molar-refractivity contribution in [2.75, 3.05) is 18.4 Å². The molecule has 26 heavy (non-hydrogen) atoms. The van der Waals surface area contributed by atoms with Gasteiger partial charge in [0, 0.05) is 18.5 Å². The van der Waals surface area contributed by atoms with Gasteiger partial charge >= 0.3 is 6.61 Å². The zero-order valence-electron chi connectivity index (χ0n) is 13.8. The van der Waals surface area contributed by atoms with Gasteiger partial charge in [-0.3, -0.25) is 10.1 Å². The molecule has 0 saturated carbocycles. The number of nitrogens with one attached hydrogen (secondary N) is 3. The summed E-state index contributed by atoms with van der Waals surface area (Å²) in [4.78, 5) is 8.38. The third kappa shape index (κ3) is 5.03. The third-order valence-electron chi connectivity index (χ3n) is 3.74. The average Bonchev–Trinajstić information content (AvgIpc) is 2.90. The van der Waals surface area contributed by atoms with E-state index in [0.717, 1.165) is 25.9 Å². The van der Waals surface area contributed by atoms with Crippen LogP contribution < -0.4 is 20.1 Å². The number of alkyl halides is 2. The third-order valence-corrected chi connectivity index (χ3v) is 3.74. The van der Waals surface area contributed by atoms with Crippen LogP contribution in [0.25, 0.3) is 0 Å². The highest BCUT2D eigenvalue weighted by Gasteiger charge is 2.20. The molecule has 0 spiro atoms. The van der Waals surface area contributed by atoms with Gasteiger partial charge in [0.15, 0.2) is 5.82 Å². The first kappa shape index (κ1) is 17.9. The van der Waals surface area contributed by atoms with E-state index in [2.05, 4.69) is 41.5 Å². The van der Waals surface area contributed by atoms with Gasteiger partial charge in [-0.25, -0.2) is 0 Å². The van der Waals surface area contributed by atoms with E-state index in [-0.39, 0.29) is 17.9 Å². The quantitative estimate of drug-likeness (QED) is 0.674. The maximum Gasteiger partial charge on any atom is 0.388 e. The van der Waals surface area contributed by atoms with Gasteiger partial charge in [0.2, 0.25) is 11.8 Å². The Hall–Kier alpha value is -2.93. The molecule has 2 atom stereocenters. The van der Waals surface area contributed by atoms with E-state index < -0.39 is 6.61 Å². The van der Waals surface area contributed by atoms with Crippen molar-refractivity contribution in [2.45, 2.75) is 25.6 Å². The van der Waals surface area contributed by atoms with Crippen molar-refractivity contribution in [1.82, 2.24) is 25.5 Å². The molecule has 0 amide bonds. The molecule has 10 heteroatoms. The number of hydrogen-bond acceptors (Lipinski definition) is 7. The number of H-pyrrole nitrogens is 1. The van der Waals surface area contributed by atoms with Crippen LogP contribution in [0.3, 0.4) is 0 Å². The summed E-state index contributed by atoms with van der Waals surface area (Å²) in [5.74, 6) is 3.68. The van der Waals surface area contributed by atoms with Crippen LogP contribution in [-0.2, 0) is 0 Å². The van der Waals surface area contributed by atoms with Crippen molar-refractivity contribution in [3.63, 3.8) is 0 Å². The lowest BCUT2D eigenvalue weighted by Gasteiger charge is -2.17. The van der Waals surface area contributed by atoms with Gasteiger partial charge < -0.3 is 20.1 Å². The number of aromatic nitrogens is 4. The lowest BCUT2D eigenvalue weighted by atomic mass is 10.0. The number of aromatic amines is 1. The Kier molecular flexibility index (Phi) is 5.80. The highest BCUT2D eigenvalue weighted by molar-refractivity contribution is 5.51. The normalized spacial score (nSPS) is 20.2. The Morgan fingerprint density at radius 3 is 3.04 bits per heavy atom. The summed E-state index contributed by atoms with van der Waals surface area (Å²) in [6, 6.07) is 1.29. The minimum atomic E-state index is -2.94. The van der Waals surface area contributed by atoms with Crippen LogP contribution in [-0.4, -0.2) is 46.0 Å². The Bertz CT molecular complexity index is 763. The topological polar surface area (TPSA) is 97.0 Å². The molecule has 0 unspecified atom stereocenters. The van der Waals surface area contributed by atoms with Crippen molar-refractivity contribution < 1.29 is 18.3 Å². The summed E-state index contributed by atoms with van der Waals surface area (Å²) in [6.07, 6.45) is 9.98. The van der Waals surface area contributed by atoms with Crippen molar-refractivity contribution >= 4 is 11.6 Å². The van der Waals surface area contributed by atoms with Crippen LogP contribution in [0.4, 0.5) is 20.4 Å². The summed E-state index contributed by atoms with van der Waals surface area (Å²) in [6.45, 7) is -1.36. The van der Waals surface area contributed by atoms with E-state index in [1.165, 1.54) is 18.5 Å². The number of hydrogen-bond donors (Lipinski definition) is 3. The van der Waals surface area contributed by atoms with Gasteiger partial charge in [-0.1, -0.05) is 0 Å². The first-order chi connectivity index (χ1) is 12.6. The fourth-order valence-corrected chi connectivity index (χ4v) is 2.58. The molecular formula is C16H18F2N6O2. The summed E-state index contributed by atoms with van der Waals surface area (Å²) in [5.41, 5.74) is 0. The zero-order chi connectivity index (χ0) is 18.4. The zero-order valence-corrected chi connectivity index (χ0v) is 13.8. The molecule has 3 heterocycles. The molecule has 138 valence electrons. The van der Waals surface area contributed by atoms with Crippen LogP contribution in [0.1, 0.15) is 12.8 Å². The van der Waals surface area contributed by atoms with Crippen LogP contribution in [0.15, 0.2) is 18.5 Å². The average molecular weight is 364 g/mol. The van der Waals surface area contributed by atoms with Gasteiger partial charge in [0.05, 0.1) is 12.4 Å². The number of ether oxygens (including phenoxy) is 2.